The quantitative estimate of drug-likeness (QED) is 0.614. The minimum absolute atomic E-state index is 0.528. The van der Waals surface area contributed by atoms with Gasteiger partial charge in [-0.15, -0.1) is 0 Å². The predicted molar refractivity (Wildman–Crippen MR) is 68.5 cm³/mol. The Hall–Kier alpha value is -1.82. The molecule has 1 saturated heterocycles. The Bertz CT molecular complexity index is 399. The van der Waals surface area contributed by atoms with Gasteiger partial charge in [0.15, 0.2) is 5.96 Å². The second-order valence-electron chi connectivity index (χ2n) is 3.98. The largest absolute Gasteiger partial charge is 0.481 e. The molecule has 2 N–H and O–H groups in total. The molecule has 0 unspecified atom stereocenters. The summed E-state index contributed by atoms with van der Waals surface area (Å²) in [5.74, 6) is 1.16. The summed E-state index contributed by atoms with van der Waals surface area (Å²) in [7, 11) is 1.59. The van der Waals surface area contributed by atoms with Gasteiger partial charge in [-0.05, 0) is 5.56 Å². The van der Waals surface area contributed by atoms with Crippen molar-refractivity contribution in [3.05, 3.63) is 23.9 Å². The molecule has 0 atom stereocenters. The third-order valence-electron chi connectivity index (χ3n) is 2.77. The van der Waals surface area contributed by atoms with E-state index in [1.807, 2.05) is 17.0 Å². The Morgan fingerprint density at radius 3 is 2.89 bits per heavy atom. The number of morpholine rings is 1. The molecular weight excluding hydrogens is 232 g/mol. The maximum atomic E-state index is 5.93. The lowest BCUT2D eigenvalue weighted by molar-refractivity contribution is 0.0674. The fourth-order valence-corrected chi connectivity index (χ4v) is 1.69. The van der Waals surface area contributed by atoms with E-state index < -0.39 is 0 Å². The molecule has 1 aliphatic rings. The zero-order valence-corrected chi connectivity index (χ0v) is 10.5. The van der Waals surface area contributed by atoms with Crippen LogP contribution in [0.1, 0.15) is 5.56 Å². The number of rotatable bonds is 3. The first-order chi connectivity index (χ1) is 8.79. The number of nitrogens with zero attached hydrogens (tertiary/aromatic N) is 3. The van der Waals surface area contributed by atoms with Gasteiger partial charge in [0.25, 0.3) is 0 Å². The summed E-state index contributed by atoms with van der Waals surface area (Å²) in [5, 5.41) is 0. The highest BCUT2D eigenvalue weighted by molar-refractivity contribution is 5.78. The molecule has 6 nitrogen and oxygen atoms in total. The van der Waals surface area contributed by atoms with Crippen molar-refractivity contribution in [1.82, 2.24) is 9.88 Å². The fraction of sp³-hybridized carbons (Fsp3) is 0.500. The highest BCUT2D eigenvalue weighted by Gasteiger charge is 2.11. The number of aromatic nitrogens is 1. The first-order valence-electron chi connectivity index (χ1n) is 5.91. The molecule has 1 aromatic rings. The number of hydrogen-bond acceptors (Lipinski definition) is 4. The smallest absolute Gasteiger partial charge is 0.212 e. The van der Waals surface area contributed by atoms with Gasteiger partial charge in [0.05, 0.1) is 26.9 Å². The van der Waals surface area contributed by atoms with E-state index in [1.165, 1.54) is 0 Å². The molecule has 18 heavy (non-hydrogen) atoms. The van der Waals surface area contributed by atoms with Crippen molar-refractivity contribution in [3.8, 4) is 5.88 Å². The van der Waals surface area contributed by atoms with Crippen molar-refractivity contribution in [2.24, 2.45) is 10.7 Å². The molecule has 1 aromatic heterocycles. The van der Waals surface area contributed by atoms with Gasteiger partial charge in [0.1, 0.15) is 0 Å². The lowest BCUT2D eigenvalue weighted by Crippen LogP contribution is -2.44. The summed E-state index contributed by atoms with van der Waals surface area (Å²) in [6.07, 6.45) is 1.74. The maximum absolute atomic E-state index is 5.93. The van der Waals surface area contributed by atoms with Crippen LogP contribution in [0, 0.1) is 0 Å². The summed E-state index contributed by atoms with van der Waals surface area (Å²) in [4.78, 5) is 10.5. The second-order valence-corrected chi connectivity index (χ2v) is 3.98. The molecule has 2 rings (SSSR count). The monoisotopic (exact) mass is 250 g/mol. The van der Waals surface area contributed by atoms with Crippen LogP contribution in [-0.4, -0.2) is 49.3 Å². The van der Waals surface area contributed by atoms with Gasteiger partial charge in [-0.2, -0.15) is 0 Å². The zero-order valence-electron chi connectivity index (χ0n) is 10.5. The number of nitrogens with two attached hydrogens (primary N) is 1. The van der Waals surface area contributed by atoms with Crippen LogP contribution in [0.25, 0.3) is 0 Å². The summed E-state index contributed by atoms with van der Waals surface area (Å²) in [5.41, 5.74) is 6.93. The second kappa shape index (κ2) is 6.20. The predicted octanol–water partition coefficient (Wildman–Crippen LogP) is 0.237. The average molecular weight is 250 g/mol. The molecule has 98 valence electrons. The van der Waals surface area contributed by atoms with Crippen molar-refractivity contribution >= 4 is 5.96 Å². The van der Waals surface area contributed by atoms with Gasteiger partial charge >= 0.3 is 0 Å². The van der Waals surface area contributed by atoms with Crippen LogP contribution in [0.5, 0.6) is 5.88 Å². The molecule has 6 heteroatoms. The van der Waals surface area contributed by atoms with Crippen LogP contribution in [0.4, 0.5) is 0 Å². The number of guanidine groups is 1. The van der Waals surface area contributed by atoms with Crippen LogP contribution >= 0.6 is 0 Å². The molecule has 1 fully saturated rings. The molecule has 0 aliphatic carbocycles. The third kappa shape index (κ3) is 3.33. The molecule has 0 bridgehead atoms. The van der Waals surface area contributed by atoms with Crippen molar-refractivity contribution in [2.45, 2.75) is 6.54 Å². The molecule has 0 radical (unpaired) electrons. The summed E-state index contributed by atoms with van der Waals surface area (Å²) in [6, 6.07) is 3.75. The third-order valence-corrected chi connectivity index (χ3v) is 2.77. The first kappa shape index (κ1) is 12.6. The Morgan fingerprint density at radius 2 is 2.28 bits per heavy atom. The normalized spacial score (nSPS) is 16.7. The Kier molecular flexibility index (Phi) is 4.35. The van der Waals surface area contributed by atoms with Crippen LogP contribution in [0.2, 0.25) is 0 Å². The van der Waals surface area contributed by atoms with Crippen molar-refractivity contribution in [1.29, 1.82) is 0 Å². The number of hydrogen-bond donors (Lipinski definition) is 1. The average Bonchev–Trinajstić information content (AvgIpc) is 2.46. The van der Waals surface area contributed by atoms with Gasteiger partial charge in [-0.3, -0.25) is 0 Å². The van der Waals surface area contributed by atoms with Crippen LogP contribution in [-0.2, 0) is 11.3 Å². The highest BCUT2D eigenvalue weighted by atomic mass is 16.5. The summed E-state index contributed by atoms with van der Waals surface area (Å²) < 4.78 is 10.3. The number of ether oxygens (including phenoxy) is 2. The molecule has 0 saturated carbocycles. The lowest BCUT2D eigenvalue weighted by atomic mass is 10.3. The van der Waals surface area contributed by atoms with Gasteiger partial charge in [0, 0.05) is 25.4 Å². The van der Waals surface area contributed by atoms with E-state index in [4.69, 9.17) is 15.2 Å². The minimum atomic E-state index is 0.528. The summed E-state index contributed by atoms with van der Waals surface area (Å²) in [6.45, 7) is 3.55. The van der Waals surface area contributed by atoms with E-state index in [0.717, 1.165) is 18.7 Å². The number of pyridine rings is 1. The Morgan fingerprint density at radius 1 is 1.50 bits per heavy atom. The standard InChI is InChI=1S/C12H18N4O2/c1-17-11-3-2-10(8-14-11)9-15-12(13)16-4-6-18-7-5-16/h2-3,8H,4-7,9H2,1H3,(H2,13,15). The van der Waals surface area contributed by atoms with Crippen LogP contribution < -0.4 is 10.5 Å². The van der Waals surface area contributed by atoms with Gasteiger partial charge < -0.3 is 20.1 Å². The van der Waals surface area contributed by atoms with Crippen molar-refractivity contribution in [2.75, 3.05) is 33.4 Å². The SMILES string of the molecule is COc1ccc(CN=C(N)N2CCOCC2)cn1. The van der Waals surface area contributed by atoms with E-state index >= 15 is 0 Å². The van der Waals surface area contributed by atoms with Crippen LogP contribution in [0.15, 0.2) is 23.3 Å². The van der Waals surface area contributed by atoms with Crippen molar-refractivity contribution < 1.29 is 9.47 Å². The van der Waals surface area contributed by atoms with Crippen LogP contribution in [0.3, 0.4) is 0 Å². The molecular formula is C12H18N4O2. The minimum Gasteiger partial charge on any atom is -0.481 e. The number of methoxy groups -OCH3 is 1. The molecule has 1 aliphatic heterocycles. The van der Waals surface area contributed by atoms with Gasteiger partial charge in [-0.1, -0.05) is 6.07 Å². The lowest BCUT2D eigenvalue weighted by Gasteiger charge is -2.27. The summed E-state index contributed by atoms with van der Waals surface area (Å²) >= 11 is 0. The molecule has 0 aromatic carbocycles. The molecule has 0 amide bonds. The topological polar surface area (TPSA) is 73.0 Å². The van der Waals surface area contributed by atoms with E-state index in [2.05, 4.69) is 9.98 Å². The van der Waals surface area contributed by atoms with Crippen molar-refractivity contribution in [3.63, 3.8) is 0 Å². The molecule has 0 spiro atoms. The van der Waals surface area contributed by atoms with E-state index in [1.54, 1.807) is 13.3 Å². The molecule has 2 heterocycles. The maximum Gasteiger partial charge on any atom is 0.212 e. The zero-order chi connectivity index (χ0) is 12.8. The van der Waals surface area contributed by atoms with E-state index in [9.17, 15) is 0 Å². The van der Waals surface area contributed by atoms with E-state index in [-0.39, 0.29) is 0 Å². The van der Waals surface area contributed by atoms with E-state index in [0.29, 0.717) is 31.6 Å². The van der Waals surface area contributed by atoms with Gasteiger partial charge in [-0.25, -0.2) is 9.98 Å². The Balaban J connectivity index is 1.91. The Labute approximate surface area is 106 Å². The number of aliphatic imine (C=N–C) groups is 1. The fourth-order valence-electron chi connectivity index (χ4n) is 1.69. The first-order valence-corrected chi connectivity index (χ1v) is 5.91. The highest BCUT2D eigenvalue weighted by Crippen LogP contribution is 2.07. The van der Waals surface area contributed by atoms with Gasteiger partial charge in [0.2, 0.25) is 5.88 Å².